The molecule has 4 nitrogen and oxygen atoms in total. The Morgan fingerprint density at radius 1 is 0.640 bits per heavy atom. The van der Waals surface area contributed by atoms with E-state index >= 15 is 0 Å². The first-order valence-electron chi connectivity index (χ1n) is 10.6. The summed E-state index contributed by atoms with van der Waals surface area (Å²) in [5.41, 5.74) is 16.5. The Hall–Kier alpha value is -0.160. The van der Waals surface area contributed by atoms with Crippen LogP contribution in [0, 0.1) is 5.92 Å². The van der Waals surface area contributed by atoms with Gasteiger partial charge in [-0.1, -0.05) is 47.5 Å². The standard InChI is InChI=1S/C9H22N2.C8H19N.C4H11N/c1-4-11(5-2)8-6-7-9(3)10;1-7(2)5-4-6-8(3)9;1-3-4(2)5/h9H,4-8,10H2,1-3H3;7-8H,4-6,9H2,1-3H3;4H,3,5H2,1-2H3. The molecule has 0 spiro atoms. The van der Waals surface area contributed by atoms with Gasteiger partial charge in [0, 0.05) is 18.1 Å². The molecule has 0 saturated heterocycles. The minimum absolute atomic E-state index is 0.366. The Morgan fingerprint density at radius 3 is 1.32 bits per heavy atom. The van der Waals surface area contributed by atoms with Crippen LogP contribution in [0.15, 0.2) is 0 Å². The smallest absolute Gasteiger partial charge is 0.00109 e. The van der Waals surface area contributed by atoms with Crippen molar-refractivity contribution in [2.75, 3.05) is 19.6 Å². The molecule has 6 N–H and O–H groups in total. The van der Waals surface area contributed by atoms with Crippen molar-refractivity contribution < 1.29 is 0 Å². The normalized spacial score (nSPS) is 14.3. The van der Waals surface area contributed by atoms with Crippen LogP contribution in [0.25, 0.3) is 0 Å². The third-order valence-electron chi connectivity index (χ3n) is 4.11. The molecule has 0 bridgehead atoms. The Morgan fingerprint density at radius 2 is 1.04 bits per heavy atom. The van der Waals surface area contributed by atoms with Gasteiger partial charge in [-0.2, -0.15) is 0 Å². The van der Waals surface area contributed by atoms with Crippen LogP contribution in [-0.4, -0.2) is 42.7 Å². The van der Waals surface area contributed by atoms with Gasteiger partial charge in [0.1, 0.15) is 0 Å². The van der Waals surface area contributed by atoms with Gasteiger partial charge in [0.05, 0.1) is 0 Å². The zero-order valence-corrected chi connectivity index (χ0v) is 18.9. The Balaban J connectivity index is -0.000000311. The predicted octanol–water partition coefficient (Wildman–Crippen LogP) is 4.36. The highest BCUT2D eigenvalue weighted by Gasteiger charge is 1.99. The van der Waals surface area contributed by atoms with E-state index in [0.717, 1.165) is 31.8 Å². The third-order valence-corrected chi connectivity index (χ3v) is 4.11. The maximum atomic E-state index is 5.64. The molecule has 0 aromatic rings. The van der Waals surface area contributed by atoms with Crippen molar-refractivity contribution in [3.63, 3.8) is 0 Å². The van der Waals surface area contributed by atoms with Crippen molar-refractivity contribution in [3.05, 3.63) is 0 Å². The van der Waals surface area contributed by atoms with Crippen LogP contribution in [0.4, 0.5) is 0 Å². The lowest BCUT2D eigenvalue weighted by atomic mass is 10.0. The van der Waals surface area contributed by atoms with E-state index in [4.69, 9.17) is 17.2 Å². The van der Waals surface area contributed by atoms with Crippen LogP contribution in [0.3, 0.4) is 0 Å². The monoisotopic (exact) mass is 360 g/mol. The first-order valence-corrected chi connectivity index (χ1v) is 10.6. The molecule has 0 aromatic carbocycles. The zero-order chi connectivity index (χ0) is 20.3. The maximum absolute atomic E-state index is 5.64. The lowest BCUT2D eigenvalue weighted by Gasteiger charge is -2.17. The van der Waals surface area contributed by atoms with Crippen molar-refractivity contribution in [3.8, 4) is 0 Å². The summed E-state index contributed by atoms with van der Waals surface area (Å²) < 4.78 is 0. The van der Waals surface area contributed by atoms with Gasteiger partial charge in [0.15, 0.2) is 0 Å². The van der Waals surface area contributed by atoms with Gasteiger partial charge in [-0.25, -0.2) is 0 Å². The van der Waals surface area contributed by atoms with E-state index in [0.29, 0.717) is 18.1 Å². The van der Waals surface area contributed by atoms with Crippen LogP contribution in [0.5, 0.6) is 0 Å². The molecule has 0 aliphatic rings. The van der Waals surface area contributed by atoms with Crippen LogP contribution in [0.2, 0.25) is 0 Å². The van der Waals surface area contributed by atoms with E-state index in [9.17, 15) is 0 Å². The van der Waals surface area contributed by atoms with Crippen molar-refractivity contribution in [2.24, 2.45) is 23.1 Å². The number of nitrogens with zero attached hydrogens (tertiary/aromatic N) is 1. The molecule has 0 heterocycles. The van der Waals surface area contributed by atoms with Crippen LogP contribution >= 0.6 is 0 Å². The van der Waals surface area contributed by atoms with Gasteiger partial charge in [0.25, 0.3) is 0 Å². The second-order valence-corrected chi connectivity index (χ2v) is 7.83. The molecule has 0 aliphatic heterocycles. The molecular weight excluding hydrogens is 308 g/mol. The summed E-state index contributed by atoms with van der Waals surface area (Å²) in [5, 5.41) is 0. The molecule has 0 amide bonds. The van der Waals surface area contributed by atoms with E-state index in [1.54, 1.807) is 0 Å². The summed E-state index contributed by atoms with van der Waals surface area (Å²) in [5.74, 6) is 0.837. The summed E-state index contributed by atoms with van der Waals surface area (Å²) in [6.07, 6.45) is 7.25. The fraction of sp³-hybridized carbons (Fsp3) is 1.00. The quantitative estimate of drug-likeness (QED) is 0.511. The van der Waals surface area contributed by atoms with Gasteiger partial charge in [-0.3, -0.25) is 0 Å². The largest absolute Gasteiger partial charge is 0.328 e. The highest BCUT2D eigenvalue weighted by atomic mass is 15.1. The third kappa shape index (κ3) is 35.7. The molecule has 156 valence electrons. The molecule has 3 atom stereocenters. The minimum atomic E-state index is 0.366. The van der Waals surface area contributed by atoms with Gasteiger partial charge in [-0.15, -0.1) is 0 Å². The fourth-order valence-corrected chi connectivity index (χ4v) is 2.02. The first kappa shape index (κ1) is 29.6. The van der Waals surface area contributed by atoms with E-state index in [1.807, 2.05) is 6.92 Å². The number of rotatable bonds is 11. The highest BCUT2D eigenvalue weighted by molar-refractivity contribution is 4.57. The average Bonchev–Trinajstić information content (AvgIpc) is 2.51. The van der Waals surface area contributed by atoms with Gasteiger partial charge in [-0.05, 0) is 72.0 Å². The van der Waals surface area contributed by atoms with Gasteiger partial charge >= 0.3 is 0 Å². The van der Waals surface area contributed by atoms with Crippen molar-refractivity contribution in [1.82, 2.24) is 4.90 Å². The lowest BCUT2D eigenvalue weighted by molar-refractivity contribution is 0.294. The fourth-order valence-electron chi connectivity index (χ4n) is 2.02. The van der Waals surface area contributed by atoms with Gasteiger partial charge in [0.2, 0.25) is 0 Å². The van der Waals surface area contributed by atoms with Crippen molar-refractivity contribution in [2.45, 2.75) is 112 Å². The number of hydrogen-bond donors (Lipinski definition) is 3. The minimum Gasteiger partial charge on any atom is -0.328 e. The van der Waals surface area contributed by atoms with E-state index < -0.39 is 0 Å². The first-order chi connectivity index (χ1) is 11.6. The summed E-state index contributed by atoms with van der Waals surface area (Å²) in [4.78, 5) is 2.43. The molecule has 0 aromatic heterocycles. The Labute approximate surface area is 160 Å². The van der Waals surface area contributed by atoms with Crippen molar-refractivity contribution in [1.29, 1.82) is 0 Å². The van der Waals surface area contributed by atoms with E-state index in [1.165, 1.54) is 32.2 Å². The molecule has 0 rings (SSSR count). The predicted molar refractivity (Wildman–Crippen MR) is 117 cm³/mol. The molecule has 0 aliphatic carbocycles. The molecular formula is C21H52N4. The Bertz CT molecular complexity index is 216. The summed E-state index contributed by atoms with van der Waals surface area (Å²) in [6, 6.07) is 1.14. The topological polar surface area (TPSA) is 81.3 Å². The Kier molecular flexibility index (Phi) is 25.9. The molecule has 0 saturated carbocycles. The van der Waals surface area contributed by atoms with Crippen LogP contribution in [0.1, 0.15) is 93.9 Å². The molecule has 3 unspecified atom stereocenters. The average molecular weight is 361 g/mol. The summed E-state index contributed by atoms with van der Waals surface area (Å²) >= 11 is 0. The van der Waals surface area contributed by atoms with Gasteiger partial charge < -0.3 is 22.1 Å². The number of hydrogen-bond acceptors (Lipinski definition) is 4. The summed E-state index contributed by atoms with van der Waals surface area (Å²) in [7, 11) is 0. The van der Waals surface area contributed by atoms with Crippen LogP contribution in [-0.2, 0) is 0 Å². The number of nitrogens with two attached hydrogens (primary N) is 3. The second-order valence-electron chi connectivity index (χ2n) is 7.83. The SMILES string of the molecule is CC(C)CCCC(C)N.CCC(C)N.CCN(CC)CCCC(C)N. The van der Waals surface area contributed by atoms with E-state index in [2.05, 4.69) is 53.4 Å². The molecule has 25 heavy (non-hydrogen) atoms. The zero-order valence-electron chi connectivity index (χ0n) is 18.9. The van der Waals surface area contributed by atoms with E-state index in [-0.39, 0.29) is 0 Å². The summed E-state index contributed by atoms with van der Waals surface area (Å²) in [6.45, 7) is 20.7. The van der Waals surface area contributed by atoms with Crippen molar-refractivity contribution >= 4 is 0 Å². The second kappa shape index (κ2) is 21.9. The molecule has 0 fully saturated rings. The molecule has 0 radical (unpaired) electrons. The van der Waals surface area contributed by atoms with Crippen LogP contribution < -0.4 is 17.2 Å². The maximum Gasteiger partial charge on any atom is 0.00109 e. The highest BCUT2D eigenvalue weighted by Crippen LogP contribution is 2.06. The molecule has 4 heteroatoms. The lowest BCUT2D eigenvalue weighted by Crippen LogP contribution is -2.25.